The number of fused-ring (bicyclic) bond motifs is 1. The van der Waals surface area contributed by atoms with Crippen molar-refractivity contribution < 1.29 is 9.18 Å². The number of hydrogen-bond acceptors (Lipinski definition) is 3. The minimum absolute atomic E-state index is 0.122. The molecule has 0 radical (unpaired) electrons. The van der Waals surface area contributed by atoms with Crippen molar-refractivity contribution >= 4 is 17.2 Å². The first-order valence-electron chi connectivity index (χ1n) is 7.33. The number of nitrogens with one attached hydrogen (secondary N) is 1. The molecular weight excluding hydrogens is 295 g/mol. The van der Waals surface area contributed by atoms with Gasteiger partial charge in [0.15, 0.2) is 0 Å². The molecule has 0 aliphatic heterocycles. The van der Waals surface area contributed by atoms with Crippen LogP contribution in [0.2, 0.25) is 0 Å². The third-order valence-corrected chi connectivity index (χ3v) is 3.63. The predicted molar refractivity (Wildman–Crippen MR) is 87.6 cm³/mol. The van der Waals surface area contributed by atoms with Crippen LogP contribution in [-0.4, -0.2) is 21.8 Å². The van der Waals surface area contributed by atoms with E-state index in [0.717, 1.165) is 22.6 Å². The number of carbonyl (C=O) groups excluding carboxylic acids is 1. The first-order valence-corrected chi connectivity index (χ1v) is 7.33. The van der Waals surface area contributed by atoms with E-state index in [1.54, 1.807) is 18.2 Å². The molecule has 0 saturated carbocycles. The number of benzene rings is 1. The highest BCUT2D eigenvalue weighted by atomic mass is 19.1. The number of hydrogen-bond donors (Lipinski definition) is 2. The zero-order valence-corrected chi connectivity index (χ0v) is 12.7. The largest absolute Gasteiger partial charge is 0.330 e. The van der Waals surface area contributed by atoms with Gasteiger partial charge in [0.25, 0.3) is 0 Å². The summed E-state index contributed by atoms with van der Waals surface area (Å²) in [4.78, 5) is 16.2. The molecule has 3 rings (SSSR count). The lowest BCUT2D eigenvalue weighted by molar-refractivity contribution is -0.116. The zero-order valence-electron chi connectivity index (χ0n) is 12.7. The highest BCUT2D eigenvalue weighted by Gasteiger charge is 2.11. The van der Waals surface area contributed by atoms with E-state index in [1.165, 1.54) is 12.1 Å². The molecule has 0 fully saturated rings. The van der Waals surface area contributed by atoms with Crippen molar-refractivity contribution in [2.45, 2.75) is 13.3 Å². The number of halogens is 1. The van der Waals surface area contributed by atoms with Gasteiger partial charge in [0.05, 0.1) is 11.4 Å². The summed E-state index contributed by atoms with van der Waals surface area (Å²) in [5.41, 5.74) is 9.37. The third-order valence-electron chi connectivity index (χ3n) is 3.63. The summed E-state index contributed by atoms with van der Waals surface area (Å²) < 4.78 is 15.0. The van der Waals surface area contributed by atoms with Gasteiger partial charge in [0, 0.05) is 30.4 Å². The second kappa shape index (κ2) is 6.18. The smallest absolute Gasteiger partial charge is 0.225 e. The van der Waals surface area contributed by atoms with Crippen LogP contribution in [0.25, 0.3) is 16.9 Å². The lowest BCUT2D eigenvalue weighted by atomic mass is 10.1. The summed E-state index contributed by atoms with van der Waals surface area (Å²) in [6.07, 6.45) is 2.10. The average molecular weight is 312 g/mol. The number of aryl methyl sites for hydroxylation is 1. The molecule has 2 heterocycles. The lowest BCUT2D eigenvalue weighted by Crippen LogP contribution is -2.16. The topological polar surface area (TPSA) is 72.4 Å². The van der Waals surface area contributed by atoms with Crippen LogP contribution in [0.4, 0.5) is 10.1 Å². The van der Waals surface area contributed by atoms with Crippen molar-refractivity contribution in [1.82, 2.24) is 9.38 Å². The Morgan fingerprint density at radius 3 is 2.70 bits per heavy atom. The zero-order chi connectivity index (χ0) is 16.4. The maximum absolute atomic E-state index is 13.1. The number of nitrogens with zero attached hydrogens (tertiary/aromatic N) is 2. The molecule has 0 bridgehead atoms. The summed E-state index contributed by atoms with van der Waals surface area (Å²) in [5.74, 6) is -0.400. The van der Waals surface area contributed by atoms with E-state index in [4.69, 9.17) is 5.73 Å². The predicted octanol–water partition coefficient (Wildman–Crippen LogP) is 2.74. The van der Waals surface area contributed by atoms with E-state index >= 15 is 0 Å². The number of anilines is 1. The maximum atomic E-state index is 13.1. The molecule has 118 valence electrons. The van der Waals surface area contributed by atoms with Gasteiger partial charge in [-0.15, -0.1) is 0 Å². The molecule has 0 saturated heterocycles. The molecule has 3 N–H and O–H groups in total. The van der Waals surface area contributed by atoms with Crippen LogP contribution in [0.1, 0.15) is 12.1 Å². The normalized spacial score (nSPS) is 10.9. The van der Waals surface area contributed by atoms with Crippen molar-refractivity contribution in [1.29, 1.82) is 0 Å². The van der Waals surface area contributed by atoms with Gasteiger partial charge in [-0.1, -0.05) is 0 Å². The van der Waals surface area contributed by atoms with E-state index in [0.29, 0.717) is 12.2 Å². The minimum atomic E-state index is -0.278. The van der Waals surface area contributed by atoms with Gasteiger partial charge >= 0.3 is 0 Å². The van der Waals surface area contributed by atoms with Gasteiger partial charge in [-0.25, -0.2) is 9.37 Å². The van der Waals surface area contributed by atoms with Crippen LogP contribution in [0.3, 0.4) is 0 Å². The third kappa shape index (κ3) is 3.07. The van der Waals surface area contributed by atoms with Gasteiger partial charge in [-0.3, -0.25) is 4.79 Å². The quantitative estimate of drug-likeness (QED) is 0.778. The Labute approximate surface area is 133 Å². The Balaban J connectivity index is 1.98. The minimum Gasteiger partial charge on any atom is -0.330 e. The molecule has 23 heavy (non-hydrogen) atoms. The van der Waals surface area contributed by atoms with Crippen molar-refractivity contribution in [2.24, 2.45) is 5.73 Å². The number of amides is 1. The first kappa shape index (κ1) is 15.2. The molecule has 5 nitrogen and oxygen atoms in total. The Morgan fingerprint density at radius 1 is 1.26 bits per heavy atom. The average Bonchev–Trinajstić information content (AvgIpc) is 2.85. The molecule has 1 amide bonds. The molecule has 3 aromatic rings. The maximum Gasteiger partial charge on any atom is 0.225 e. The summed E-state index contributed by atoms with van der Waals surface area (Å²) in [6, 6.07) is 9.86. The van der Waals surface area contributed by atoms with E-state index in [2.05, 4.69) is 10.3 Å². The Morgan fingerprint density at radius 2 is 2.00 bits per heavy atom. The molecular formula is C17H17FN4O. The number of pyridine rings is 1. The molecule has 0 aliphatic carbocycles. The fourth-order valence-electron chi connectivity index (χ4n) is 2.47. The first-order chi connectivity index (χ1) is 11.1. The van der Waals surface area contributed by atoms with Crippen molar-refractivity contribution in [3.05, 3.63) is 54.1 Å². The van der Waals surface area contributed by atoms with Gasteiger partial charge in [0.2, 0.25) is 5.91 Å². The standard InChI is InChI=1S/C17H17FN4O/c1-11-17(12-2-4-13(18)5-3-12)21-15-7-6-14(10-22(11)15)20-16(23)8-9-19/h2-7,10H,8-9,19H2,1H3,(H,20,23). The van der Waals surface area contributed by atoms with Crippen molar-refractivity contribution in [3.8, 4) is 11.3 Å². The van der Waals surface area contributed by atoms with Gasteiger partial charge in [0.1, 0.15) is 11.5 Å². The molecule has 0 atom stereocenters. The number of nitrogens with two attached hydrogens (primary N) is 1. The fraction of sp³-hybridized carbons (Fsp3) is 0.176. The second-order valence-electron chi connectivity index (χ2n) is 5.29. The van der Waals surface area contributed by atoms with Gasteiger partial charge in [-0.05, 0) is 43.3 Å². The van der Waals surface area contributed by atoms with Crippen LogP contribution in [0.5, 0.6) is 0 Å². The molecule has 6 heteroatoms. The fourth-order valence-corrected chi connectivity index (χ4v) is 2.47. The molecule has 1 aromatic carbocycles. The Bertz CT molecular complexity index is 855. The van der Waals surface area contributed by atoms with Crippen LogP contribution < -0.4 is 11.1 Å². The lowest BCUT2D eigenvalue weighted by Gasteiger charge is -2.05. The van der Waals surface area contributed by atoms with Crippen molar-refractivity contribution in [2.75, 3.05) is 11.9 Å². The summed E-state index contributed by atoms with van der Waals surface area (Å²) in [6.45, 7) is 2.25. The summed E-state index contributed by atoms with van der Waals surface area (Å²) in [5, 5.41) is 2.80. The summed E-state index contributed by atoms with van der Waals surface area (Å²) in [7, 11) is 0. The van der Waals surface area contributed by atoms with Crippen LogP contribution >= 0.6 is 0 Å². The molecule has 0 unspecified atom stereocenters. The molecule has 0 aliphatic rings. The highest BCUT2D eigenvalue weighted by molar-refractivity contribution is 5.90. The summed E-state index contributed by atoms with van der Waals surface area (Å²) >= 11 is 0. The van der Waals surface area contributed by atoms with Gasteiger partial charge in [-0.2, -0.15) is 0 Å². The number of imidazole rings is 1. The van der Waals surface area contributed by atoms with Crippen LogP contribution in [-0.2, 0) is 4.79 Å². The molecule has 0 spiro atoms. The van der Waals surface area contributed by atoms with E-state index in [-0.39, 0.29) is 18.1 Å². The SMILES string of the molecule is Cc1c(-c2ccc(F)cc2)nc2ccc(NC(=O)CCN)cn12. The number of rotatable bonds is 4. The van der Waals surface area contributed by atoms with E-state index in [1.807, 2.05) is 23.6 Å². The monoisotopic (exact) mass is 312 g/mol. The Kier molecular flexibility index (Phi) is 4.08. The van der Waals surface area contributed by atoms with E-state index < -0.39 is 0 Å². The molecule has 2 aromatic heterocycles. The Hall–Kier alpha value is -2.73. The van der Waals surface area contributed by atoms with Crippen molar-refractivity contribution in [3.63, 3.8) is 0 Å². The number of carbonyl (C=O) groups is 1. The second-order valence-corrected chi connectivity index (χ2v) is 5.29. The van der Waals surface area contributed by atoms with Crippen LogP contribution in [0.15, 0.2) is 42.6 Å². The van der Waals surface area contributed by atoms with Gasteiger partial charge < -0.3 is 15.5 Å². The number of aromatic nitrogens is 2. The van der Waals surface area contributed by atoms with E-state index in [9.17, 15) is 9.18 Å². The highest BCUT2D eigenvalue weighted by Crippen LogP contribution is 2.25. The van der Waals surface area contributed by atoms with Crippen LogP contribution in [0, 0.1) is 12.7 Å².